The Kier molecular flexibility index (Phi) is 4.10. The molecule has 0 saturated heterocycles. The van der Waals surface area contributed by atoms with Crippen LogP contribution in [-0.4, -0.2) is 43.7 Å². The zero-order valence-electron chi connectivity index (χ0n) is 13.4. The summed E-state index contributed by atoms with van der Waals surface area (Å²) in [6, 6.07) is 1.64. The standard InChI is InChI=1S/C15H18F3N5O/c1-21(14(24)11-5-6-19-22(11)2)7-10-3-4-13-20-12(15(16,17)18)9-23(13)8-10/h5-6,9-10H,3-4,7-8H2,1-2H3/t10-/m0/s1. The van der Waals surface area contributed by atoms with Crippen molar-refractivity contribution in [2.45, 2.75) is 25.6 Å². The number of aromatic nitrogens is 4. The molecule has 0 fully saturated rings. The van der Waals surface area contributed by atoms with E-state index < -0.39 is 11.9 Å². The average Bonchev–Trinajstić information content (AvgIpc) is 3.11. The molecule has 9 heteroatoms. The quantitative estimate of drug-likeness (QED) is 0.858. The molecule has 0 unspecified atom stereocenters. The largest absolute Gasteiger partial charge is 0.434 e. The van der Waals surface area contributed by atoms with Crippen LogP contribution < -0.4 is 0 Å². The summed E-state index contributed by atoms with van der Waals surface area (Å²) in [5.41, 5.74) is -0.367. The van der Waals surface area contributed by atoms with Gasteiger partial charge in [0.25, 0.3) is 5.91 Å². The van der Waals surface area contributed by atoms with E-state index in [0.717, 1.165) is 6.20 Å². The van der Waals surface area contributed by atoms with E-state index in [4.69, 9.17) is 0 Å². The summed E-state index contributed by atoms with van der Waals surface area (Å²) in [7, 11) is 3.39. The highest BCUT2D eigenvalue weighted by Gasteiger charge is 2.36. The Morgan fingerprint density at radius 3 is 2.83 bits per heavy atom. The first-order valence-electron chi connectivity index (χ1n) is 7.62. The van der Waals surface area contributed by atoms with Crippen molar-refractivity contribution in [1.82, 2.24) is 24.2 Å². The van der Waals surface area contributed by atoms with Crippen LogP contribution in [0.2, 0.25) is 0 Å². The van der Waals surface area contributed by atoms with E-state index in [9.17, 15) is 18.0 Å². The summed E-state index contributed by atoms with van der Waals surface area (Å²) in [6.07, 6.45) is -0.625. The average molecular weight is 341 g/mol. The monoisotopic (exact) mass is 341 g/mol. The summed E-state index contributed by atoms with van der Waals surface area (Å²) in [6.45, 7) is 0.907. The SMILES string of the molecule is CN(C[C@@H]1CCc2nc(C(F)(F)F)cn2C1)C(=O)c1ccnn1C. The first-order valence-corrected chi connectivity index (χ1v) is 7.62. The highest BCUT2D eigenvalue weighted by molar-refractivity contribution is 5.92. The van der Waals surface area contributed by atoms with Gasteiger partial charge in [-0.3, -0.25) is 9.48 Å². The van der Waals surface area contributed by atoms with E-state index in [1.54, 1.807) is 35.8 Å². The van der Waals surface area contributed by atoms with Crippen LogP contribution in [0, 0.1) is 5.92 Å². The molecule has 1 amide bonds. The highest BCUT2D eigenvalue weighted by atomic mass is 19.4. The Morgan fingerprint density at radius 2 is 2.21 bits per heavy atom. The fraction of sp³-hybridized carbons (Fsp3) is 0.533. The fourth-order valence-corrected chi connectivity index (χ4v) is 3.05. The number of amides is 1. The molecule has 0 saturated carbocycles. The van der Waals surface area contributed by atoms with Crippen molar-refractivity contribution in [3.05, 3.63) is 35.7 Å². The van der Waals surface area contributed by atoms with E-state index in [1.807, 2.05) is 0 Å². The number of fused-ring (bicyclic) bond motifs is 1. The second-order valence-electron chi connectivity index (χ2n) is 6.12. The van der Waals surface area contributed by atoms with Gasteiger partial charge in [0.2, 0.25) is 0 Å². The smallest absolute Gasteiger partial charge is 0.340 e. The van der Waals surface area contributed by atoms with Gasteiger partial charge in [-0.1, -0.05) is 0 Å². The molecule has 3 heterocycles. The molecule has 1 aliphatic heterocycles. The minimum Gasteiger partial charge on any atom is -0.340 e. The molecule has 2 aromatic heterocycles. The van der Waals surface area contributed by atoms with E-state index in [0.29, 0.717) is 37.4 Å². The van der Waals surface area contributed by atoms with Crippen LogP contribution in [0.1, 0.15) is 28.4 Å². The van der Waals surface area contributed by atoms with Gasteiger partial charge in [-0.25, -0.2) is 4.98 Å². The Hall–Kier alpha value is -2.32. The number of halogens is 3. The van der Waals surface area contributed by atoms with Crippen molar-refractivity contribution in [2.24, 2.45) is 13.0 Å². The van der Waals surface area contributed by atoms with Crippen LogP contribution in [-0.2, 0) is 26.2 Å². The molecule has 0 bridgehead atoms. The van der Waals surface area contributed by atoms with E-state index >= 15 is 0 Å². The predicted octanol–water partition coefficient (Wildman–Crippen LogP) is 1.97. The number of nitrogens with zero attached hydrogens (tertiary/aromatic N) is 5. The Bertz CT molecular complexity index is 749. The zero-order valence-corrected chi connectivity index (χ0v) is 13.4. The summed E-state index contributed by atoms with van der Waals surface area (Å²) in [4.78, 5) is 17.6. The van der Waals surface area contributed by atoms with Gasteiger partial charge in [-0.15, -0.1) is 0 Å². The molecule has 0 aromatic carbocycles. The Labute approximate surface area is 136 Å². The van der Waals surface area contributed by atoms with Gasteiger partial charge in [0.1, 0.15) is 11.5 Å². The van der Waals surface area contributed by atoms with E-state index in [2.05, 4.69) is 10.1 Å². The molecule has 1 atom stereocenters. The minimum absolute atomic E-state index is 0.0926. The van der Waals surface area contributed by atoms with Crippen LogP contribution >= 0.6 is 0 Å². The molecule has 6 nitrogen and oxygen atoms in total. The molecule has 3 rings (SSSR count). The number of carbonyl (C=O) groups is 1. The first kappa shape index (κ1) is 16.5. The molecule has 0 aliphatic carbocycles. The van der Waals surface area contributed by atoms with Crippen LogP contribution in [0.25, 0.3) is 0 Å². The van der Waals surface area contributed by atoms with Crippen LogP contribution in [0.15, 0.2) is 18.5 Å². The lowest BCUT2D eigenvalue weighted by Crippen LogP contribution is -2.36. The van der Waals surface area contributed by atoms with Crippen LogP contribution in [0.5, 0.6) is 0 Å². The van der Waals surface area contributed by atoms with Gasteiger partial charge in [0, 0.05) is 46.0 Å². The van der Waals surface area contributed by atoms with Crippen LogP contribution in [0.3, 0.4) is 0 Å². The van der Waals surface area contributed by atoms with Crippen LogP contribution in [0.4, 0.5) is 13.2 Å². The first-order chi connectivity index (χ1) is 11.3. The maximum atomic E-state index is 12.7. The van der Waals surface area contributed by atoms with Gasteiger partial charge in [-0.05, 0) is 18.4 Å². The predicted molar refractivity (Wildman–Crippen MR) is 79.2 cm³/mol. The minimum atomic E-state index is -4.42. The Morgan fingerprint density at radius 1 is 1.46 bits per heavy atom. The number of rotatable bonds is 3. The third-order valence-electron chi connectivity index (χ3n) is 4.30. The molecular weight excluding hydrogens is 323 g/mol. The summed E-state index contributed by atoms with van der Waals surface area (Å²) in [5, 5.41) is 3.97. The normalized spacial score (nSPS) is 17.6. The van der Waals surface area contributed by atoms with Crippen molar-refractivity contribution in [2.75, 3.05) is 13.6 Å². The fourth-order valence-electron chi connectivity index (χ4n) is 3.05. The molecule has 0 radical (unpaired) electrons. The summed E-state index contributed by atoms with van der Waals surface area (Å²) < 4.78 is 41.3. The maximum absolute atomic E-state index is 12.7. The number of imidazole rings is 1. The molecule has 0 spiro atoms. The van der Waals surface area contributed by atoms with Gasteiger partial charge < -0.3 is 9.47 Å². The van der Waals surface area contributed by atoms with Crippen molar-refractivity contribution in [3.63, 3.8) is 0 Å². The van der Waals surface area contributed by atoms with Gasteiger partial charge in [-0.2, -0.15) is 18.3 Å². The second-order valence-corrected chi connectivity index (χ2v) is 6.12. The van der Waals surface area contributed by atoms with Crippen molar-refractivity contribution in [1.29, 1.82) is 0 Å². The van der Waals surface area contributed by atoms with Crippen molar-refractivity contribution >= 4 is 5.91 Å². The second kappa shape index (κ2) is 5.95. The number of hydrogen-bond donors (Lipinski definition) is 0. The Balaban J connectivity index is 1.66. The van der Waals surface area contributed by atoms with Gasteiger partial charge in [0.05, 0.1) is 0 Å². The molecule has 0 N–H and O–H groups in total. The van der Waals surface area contributed by atoms with Gasteiger partial charge >= 0.3 is 6.18 Å². The molecular formula is C15H18F3N5O. The molecule has 24 heavy (non-hydrogen) atoms. The van der Waals surface area contributed by atoms with Crippen molar-refractivity contribution < 1.29 is 18.0 Å². The third-order valence-corrected chi connectivity index (χ3v) is 4.30. The molecule has 2 aromatic rings. The number of alkyl halides is 3. The number of carbonyl (C=O) groups excluding carboxylic acids is 1. The summed E-state index contributed by atoms with van der Waals surface area (Å²) in [5.74, 6) is 0.400. The highest BCUT2D eigenvalue weighted by Crippen LogP contribution is 2.30. The number of aryl methyl sites for hydroxylation is 2. The van der Waals surface area contributed by atoms with E-state index in [-0.39, 0.29) is 11.8 Å². The lowest BCUT2D eigenvalue weighted by molar-refractivity contribution is -0.141. The zero-order chi connectivity index (χ0) is 17.5. The lowest BCUT2D eigenvalue weighted by Gasteiger charge is -2.28. The third kappa shape index (κ3) is 3.15. The van der Waals surface area contributed by atoms with Gasteiger partial charge in [0.15, 0.2) is 5.69 Å². The maximum Gasteiger partial charge on any atom is 0.434 e. The summed E-state index contributed by atoms with van der Waals surface area (Å²) >= 11 is 0. The lowest BCUT2D eigenvalue weighted by atomic mass is 9.99. The topological polar surface area (TPSA) is 56.0 Å². The number of hydrogen-bond acceptors (Lipinski definition) is 3. The van der Waals surface area contributed by atoms with E-state index in [1.165, 1.54) is 4.68 Å². The molecule has 1 aliphatic rings. The van der Waals surface area contributed by atoms with Crippen molar-refractivity contribution in [3.8, 4) is 0 Å². The molecule has 130 valence electrons.